The minimum atomic E-state index is -2.29. The fourth-order valence-electron chi connectivity index (χ4n) is 3.36. The molecule has 0 fully saturated rings. The van der Waals surface area contributed by atoms with Crippen LogP contribution in [0.1, 0.15) is 90.9 Å². The van der Waals surface area contributed by atoms with Gasteiger partial charge in [-0.25, -0.2) is 0 Å². The lowest BCUT2D eigenvalue weighted by atomic mass is 10.1. The third kappa shape index (κ3) is 15.9. The van der Waals surface area contributed by atoms with E-state index >= 15 is 0 Å². The molecule has 0 aromatic carbocycles. The van der Waals surface area contributed by atoms with E-state index in [0.29, 0.717) is 0 Å². The molecule has 0 aliphatic heterocycles. The Kier molecular flexibility index (Phi) is 24.2. The molecule has 0 saturated heterocycles. The molecule has 0 saturated carbocycles. The summed E-state index contributed by atoms with van der Waals surface area (Å²) in [6.07, 6.45) is 15.4. The van der Waals surface area contributed by atoms with Gasteiger partial charge < -0.3 is 26.6 Å². The highest BCUT2D eigenvalue weighted by Crippen LogP contribution is 2.19. The SMILES string of the molecule is CCCCCCCC[Si](OC)(OC)OC.CCCCCCCC[Si](OC)(OC)OC. The van der Waals surface area contributed by atoms with Crippen LogP contribution < -0.4 is 0 Å². The van der Waals surface area contributed by atoms with Crippen LogP contribution in [0.2, 0.25) is 12.1 Å². The van der Waals surface area contributed by atoms with Crippen molar-refractivity contribution in [2.45, 2.75) is 103 Å². The van der Waals surface area contributed by atoms with Gasteiger partial charge >= 0.3 is 17.6 Å². The highest BCUT2D eigenvalue weighted by molar-refractivity contribution is 6.60. The summed E-state index contributed by atoms with van der Waals surface area (Å²) >= 11 is 0. The molecule has 0 unspecified atom stereocenters. The van der Waals surface area contributed by atoms with Gasteiger partial charge in [-0.1, -0.05) is 78.1 Å². The number of unbranched alkanes of at least 4 members (excludes halogenated alkanes) is 10. The van der Waals surface area contributed by atoms with E-state index in [2.05, 4.69) is 13.8 Å². The summed E-state index contributed by atoms with van der Waals surface area (Å²) in [7, 11) is 5.49. The van der Waals surface area contributed by atoms with Gasteiger partial charge in [0.2, 0.25) is 0 Å². The summed E-state index contributed by atoms with van der Waals surface area (Å²) in [6.45, 7) is 4.47. The Hall–Kier alpha value is 0.194. The van der Waals surface area contributed by atoms with Crippen molar-refractivity contribution in [2.75, 3.05) is 42.7 Å². The van der Waals surface area contributed by atoms with Crippen molar-refractivity contribution in [1.29, 1.82) is 0 Å². The van der Waals surface area contributed by atoms with Gasteiger partial charge in [-0.05, 0) is 12.8 Å². The fourth-order valence-corrected chi connectivity index (χ4v) is 6.95. The van der Waals surface area contributed by atoms with Crippen LogP contribution in [0.25, 0.3) is 0 Å². The van der Waals surface area contributed by atoms with E-state index in [9.17, 15) is 0 Å². The minimum Gasteiger partial charge on any atom is -0.377 e. The maximum atomic E-state index is 5.36. The van der Waals surface area contributed by atoms with Crippen molar-refractivity contribution in [2.24, 2.45) is 0 Å². The molecule has 0 aromatic heterocycles. The van der Waals surface area contributed by atoms with E-state index in [1.807, 2.05) is 0 Å². The lowest BCUT2D eigenvalue weighted by molar-refractivity contribution is 0.122. The van der Waals surface area contributed by atoms with E-state index in [1.54, 1.807) is 42.7 Å². The summed E-state index contributed by atoms with van der Waals surface area (Å²) < 4.78 is 32.2. The van der Waals surface area contributed by atoms with Crippen molar-refractivity contribution in [3.05, 3.63) is 0 Å². The Morgan fingerprint density at radius 1 is 0.367 bits per heavy atom. The molecule has 0 atom stereocenters. The maximum Gasteiger partial charge on any atom is 0.500 e. The van der Waals surface area contributed by atoms with Gasteiger partial charge in [0, 0.05) is 54.7 Å². The van der Waals surface area contributed by atoms with Gasteiger partial charge in [-0.3, -0.25) is 0 Å². The predicted octanol–water partition coefficient (Wildman–Crippen LogP) is 6.45. The van der Waals surface area contributed by atoms with Crippen molar-refractivity contribution in [1.82, 2.24) is 0 Å². The third-order valence-corrected chi connectivity index (χ3v) is 11.2. The minimum absolute atomic E-state index is 0.933. The molecule has 0 aromatic rings. The molecule has 0 amide bonds. The van der Waals surface area contributed by atoms with Crippen molar-refractivity contribution in [3.63, 3.8) is 0 Å². The molecular formula is C22H52O6Si2. The number of rotatable bonds is 20. The van der Waals surface area contributed by atoms with Gasteiger partial charge in [-0.2, -0.15) is 0 Å². The zero-order valence-corrected chi connectivity index (χ0v) is 23.3. The molecule has 30 heavy (non-hydrogen) atoms. The van der Waals surface area contributed by atoms with Crippen molar-refractivity contribution in [3.8, 4) is 0 Å². The first-order valence-electron chi connectivity index (χ1n) is 11.8. The maximum absolute atomic E-state index is 5.36. The average Bonchev–Trinajstić information content (AvgIpc) is 2.80. The standard InChI is InChI=1S/2C11H26O3Si/c2*1-5-6-7-8-9-10-11-15(12-2,13-3)14-4/h2*5-11H2,1-4H3. The summed E-state index contributed by atoms with van der Waals surface area (Å²) in [5.41, 5.74) is 0. The van der Waals surface area contributed by atoms with Gasteiger partial charge in [0.25, 0.3) is 0 Å². The lowest BCUT2D eigenvalue weighted by Crippen LogP contribution is -2.42. The second-order valence-corrected chi connectivity index (χ2v) is 13.8. The van der Waals surface area contributed by atoms with E-state index in [4.69, 9.17) is 26.6 Å². The first kappa shape index (κ1) is 32.4. The van der Waals surface area contributed by atoms with Crippen LogP contribution in [0.4, 0.5) is 0 Å². The normalized spacial score (nSPS) is 12.0. The van der Waals surface area contributed by atoms with Crippen LogP contribution in [-0.4, -0.2) is 60.3 Å². The second-order valence-electron chi connectivity index (χ2n) is 7.63. The number of hydrogen-bond acceptors (Lipinski definition) is 6. The largest absolute Gasteiger partial charge is 0.500 e. The Bertz CT molecular complexity index is 291. The average molecular weight is 469 g/mol. The molecule has 8 heteroatoms. The molecule has 184 valence electrons. The van der Waals surface area contributed by atoms with E-state index in [1.165, 1.54) is 64.2 Å². The summed E-state index contributed by atoms with van der Waals surface area (Å²) in [5.74, 6) is 0. The zero-order chi connectivity index (χ0) is 23.1. The smallest absolute Gasteiger partial charge is 0.377 e. The number of hydrogen-bond donors (Lipinski definition) is 0. The highest BCUT2D eigenvalue weighted by atomic mass is 28.4. The molecule has 0 bridgehead atoms. The van der Waals surface area contributed by atoms with E-state index in [0.717, 1.165) is 24.9 Å². The molecule has 0 N–H and O–H groups in total. The Balaban J connectivity index is 0. The van der Waals surface area contributed by atoms with Gasteiger partial charge in [0.05, 0.1) is 0 Å². The van der Waals surface area contributed by atoms with Gasteiger partial charge in [0.15, 0.2) is 0 Å². The van der Waals surface area contributed by atoms with Crippen LogP contribution >= 0.6 is 0 Å². The molecule has 6 nitrogen and oxygen atoms in total. The third-order valence-electron chi connectivity index (χ3n) is 5.54. The molecule has 0 radical (unpaired) electrons. The zero-order valence-electron chi connectivity index (χ0n) is 21.3. The van der Waals surface area contributed by atoms with Gasteiger partial charge in [0.1, 0.15) is 0 Å². The van der Waals surface area contributed by atoms with E-state index in [-0.39, 0.29) is 0 Å². The predicted molar refractivity (Wildman–Crippen MR) is 130 cm³/mol. The Morgan fingerprint density at radius 2 is 0.600 bits per heavy atom. The molecule has 0 aliphatic carbocycles. The Morgan fingerprint density at radius 3 is 0.833 bits per heavy atom. The van der Waals surface area contributed by atoms with Gasteiger partial charge in [-0.15, -0.1) is 0 Å². The van der Waals surface area contributed by atoms with Crippen LogP contribution in [-0.2, 0) is 26.6 Å². The molecule has 0 aliphatic rings. The summed E-state index contributed by atoms with van der Waals surface area (Å²) in [4.78, 5) is 0. The summed E-state index contributed by atoms with van der Waals surface area (Å²) in [6, 6.07) is 1.87. The second kappa shape index (κ2) is 22.4. The first-order valence-corrected chi connectivity index (χ1v) is 15.7. The molecule has 0 heterocycles. The fraction of sp³-hybridized carbons (Fsp3) is 1.00. The molecular weight excluding hydrogens is 416 g/mol. The Labute approximate surface area is 190 Å². The van der Waals surface area contributed by atoms with E-state index < -0.39 is 17.6 Å². The van der Waals surface area contributed by atoms with Crippen LogP contribution in [0.3, 0.4) is 0 Å². The quantitative estimate of drug-likeness (QED) is 0.151. The topological polar surface area (TPSA) is 55.4 Å². The van der Waals surface area contributed by atoms with Crippen molar-refractivity contribution >= 4 is 17.6 Å². The van der Waals surface area contributed by atoms with Crippen molar-refractivity contribution < 1.29 is 26.6 Å². The monoisotopic (exact) mass is 468 g/mol. The van der Waals surface area contributed by atoms with Crippen LogP contribution in [0, 0.1) is 0 Å². The van der Waals surface area contributed by atoms with Crippen LogP contribution in [0.15, 0.2) is 0 Å². The highest BCUT2D eigenvalue weighted by Gasteiger charge is 2.37. The lowest BCUT2D eigenvalue weighted by Gasteiger charge is -2.24. The summed E-state index contributed by atoms with van der Waals surface area (Å²) in [5, 5.41) is 0. The first-order chi connectivity index (χ1) is 14.5. The molecule has 0 spiro atoms. The van der Waals surface area contributed by atoms with Crippen LogP contribution in [0.5, 0.6) is 0 Å². The molecule has 0 rings (SSSR count).